The van der Waals surface area contributed by atoms with Gasteiger partial charge in [0.2, 0.25) is 5.91 Å². The van der Waals surface area contributed by atoms with Gasteiger partial charge in [-0.3, -0.25) is 9.78 Å². The highest BCUT2D eigenvalue weighted by Gasteiger charge is 2.20. The van der Waals surface area contributed by atoms with Crippen LogP contribution < -0.4 is 5.73 Å². The van der Waals surface area contributed by atoms with Gasteiger partial charge in [0.15, 0.2) is 5.76 Å². The van der Waals surface area contributed by atoms with Crippen LogP contribution in [0.1, 0.15) is 11.3 Å². The molecule has 3 rings (SSSR count). The van der Waals surface area contributed by atoms with Gasteiger partial charge in [-0.05, 0) is 36.2 Å². The van der Waals surface area contributed by atoms with E-state index in [4.69, 9.17) is 10.3 Å². The third-order valence-corrected chi connectivity index (χ3v) is 3.96. The highest BCUT2D eigenvalue weighted by molar-refractivity contribution is 5.81. The molecular formula is C19H20N4O3. The van der Waals surface area contributed by atoms with E-state index in [0.717, 1.165) is 5.56 Å². The fourth-order valence-corrected chi connectivity index (χ4v) is 2.59. The Morgan fingerprint density at radius 2 is 2.00 bits per heavy atom. The van der Waals surface area contributed by atoms with Crippen molar-refractivity contribution >= 4 is 5.91 Å². The first kappa shape index (κ1) is 17.6. The number of amides is 1. The van der Waals surface area contributed by atoms with Crippen LogP contribution in [0.5, 0.6) is 5.75 Å². The van der Waals surface area contributed by atoms with Gasteiger partial charge in [-0.2, -0.15) is 0 Å². The van der Waals surface area contributed by atoms with Crippen molar-refractivity contribution in [2.75, 3.05) is 7.05 Å². The molecule has 0 bridgehead atoms. The van der Waals surface area contributed by atoms with Crippen molar-refractivity contribution in [3.63, 3.8) is 0 Å². The second kappa shape index (κ2) is 7.79. The van der Waals surface area contributed by atoms with E-state index >= 15 is 0 Å². The van der Waals surface area contributed by atoms with Gasteiger partial charge in [0.1, 0.15) is 11.4 Å². The number of carbonyl (C=O) groups is 1. The van der Waals surface area contributed by atoms with E-state index in [1.807, 2.05) is 18.2 Å². The van der Waals surface area contributed by atoms with Crippen LogP contribution >= 0.6 is 0 Å². The summed E-state index contributed by atoms with van der Waals surface area (Å²) in [7, 11) is 1.67. The van der Waals surface area contributed by atoms with Crippen molar-refractivity contribution in [1.82, 2.24) is 15.0 Å². The predicted molar refractivity (Wildman–Crippen MR) is 96.0 cm³/mol. The number of likely N-dealkylation sites (N-methyl/N-ethyl adjacent to an activating group) is 1. The number of pyridine rings is 1. The minimum absolute atomic E-state index is 0.180. The van der Waals surface area contributed by atoms with Crippen molar-refractivity contribution in [3.8, 4) is 17.1 Å². The van der Waals surface area contributed by atoms with E-state index < -0.39 is 6.04 Å². The summed E-state index contributed by atoms with van der Waals surface area (Å²) in [6, 6.07) is 13.3. The van der Waals surface area contributed by atoms with E-state index in [-0.39, 0.29) is 18.2 Å². The standard InChI is InChI=1S/C19H20N4O3/c1-23(19(25)16(20)10-13-5-7-14(24)8-6-13)12-15-11-18(22-26-15)17-4-2-3-9-21-17/h2-9,11,16,24H,10,12,20H2,1H3/t16-/m1/s1. The highest BCUT2D eigenvalue weighted by Crippen LogP contribution is 2.17. The van der Waals surface area contributed by atoms with Crippen LogP contribution in [0.4, 0.5) is 0 Å². The maximum atomic E-state index is 12.5. The lowest BCUT2D eigenvalue weighted by Crippen LogP contribution is -2.42. The molecule has 0 saturated carbocycles. The number of benzene rings is 1. The Balaban J connectivity index is 1.60. The number of carbonyl (C=O) groups excluding carboxylic acids is 1. The topological polar surface area (TPSA) is 105 Å². The zero-order valence-electron chi connectivity index (χ0n) is 14.4. The quantitative estimate of drug-likeness (QED) is 0.703. The number of phenolic OH excluding ortho intramolecular Hbond substituents is 1. The van der Waals surface area contributed by atoms with Gasteiger partial charge in [-0.15, -0.1) is 0 Å². The Bertz CT molecular complexity index is 862. The average molecular weight is 352 g/mol. The Labute approximate surface area is 151 Å². The zero-order chi connectivity index (χ0) is 18.5. The molecule has 3 N–H and O–H groups in total. The summed E-state index contributed by atoms with van der Waals surface area (Å²) in [6.45, 7) is 0.266. The molecule has 1 atom stereocenters. The molecule has 0 aliphatic heterocycles. The normalized spacial score (nSPS) is 11.9. The Morgan fingerprint density at radius 3 is 2.69 bits per heavy atom. The monoisotopic (exact) mass is 352 g/mol. The van der Waals surface area contributed by atoms with Crippen molar-refractivity contribution in [3.05, 3.63) is 66.1 Å². The summed E-state index contributed by atoms with van der Waals surface area (Å²) in [5.41, 5.74) is 8.24. The van der Waals surface area contributed by atoms with Crippen LogP contribution in [0.15, 0.2) is 59.3 Å². The van der Waals surface area contributed by atoms with Gasteiger partial charge in [-0.1, -0.05) is 23.4 Å². The first-order valence-electron chi connectivity index (χ1n) is 8.18. The molecule has 134 valence electrons. The summed E-state index contributed by atoms with van der Waals surface area (Å²) in [6.07, 6.45) is 2.07. The molecule has 1 aromatic carbocycles. The lowest BCUT2D eigenvalue weighted by molar-refractivity contribution is -0.132. The van der Waals surface area contributed by atoms with Crippen LogP contribution in [-0.4, -0.2) is 39.1 Å². The van der Waals surface area contributed by atoms with Crippen LogP contribution in [-0.2, 0) is 17.8 Å². The number of rotatable bonds is 6. The van der Waals surface area contributed by atoms with Gasteiger partial charge >= 0.3 is 0 Å². The smallest absolute Gasteiger partial charge is 0.239 e. The summed E-state index contributed by atoms with van der Waals surface area (Å²) in [5.74, 6) is 0.534. The molecule has 7 heteroatoms. The molecule has 0 saturated heterocycles. The van der Waals surface area contributed by atoms with E-state index in [2.05, 4.69) is 10.1 Å². The minimum atomic E-state index is -0.678. The minimum Gasteiger partial charge on any atom is -0.508 e. The number of aromatic hydroxyl groups is 1. The number of hydrogen-bond acceptors (Lipinski definition) is 6. The molecule has 0 aliphatic carbocycles. The van der Waals surface area contributed by atoms with Gasteiger partial charge in [0, 0.05) is 19.3 Å². The SMILES string of the molecule is CN(Cc1cc(-c2ccccn2)no1)C(=O)[C@H](N)Cc1ccc(O)cc1. The molecular weight excluding hydrogens is 332 g/mol. The van der Waals surface area contributed by atoms with Crippen LogP contribution in [0.2, 0.25) is 0 Å². The van der Waals surface area contributed by atoms with Gasteiger partial charge in [-0.25, -0.2) is 0 Å². The molecule has 0 unspecified atom stereocenters. The van der Waals surface area contributed by atoms with E-state index in [9.17, 15) is 9.90 Å². The fraction of sp³-hybridized carbons (Fsp3) is 0.211. The second-order valence-electron chi connectivity index (χ2n) is 6.06. The van der Waals surface area contributed by atoms with Crippen molar-refractivity contribution in [2.24, 2.45) is 5.73 Å². The van der Waals surface area contributed by atoms with Gasteiger partial charge in [0.25, 0.3) is 0 Å². The molecule has 1 amide bonds. The molecule has 3 aromatic rings. The van der Waals surface area contributed by atoms with E-state index in [1.54, 1.807) is 43.6 Å². The third-order valence-electron chi connectivity index (χ3n) is 3.96. The second-order valence-corrected chi connectivity index (χ2v) is 6.06. The number of phenols is 1. The molecule has 0 fully saturated rings. The molecule has 0 aliphatic rings. The van der Waals surface area contributed by atoms with Crippen molar-refractivity contribution in [1.29, 1.82) is 0 Å². The highest BCUT2D eigenvalue weighted by atomic mass is 16.5. The molecule has 0 spiro atoms. The van der Waals surface area contributed by atoms with E-state index in [0.29, 0.717) is 23.6 Å². The zero-order valence-corrected chi connectivity index (χ0v) is 14.4. The number of aromatic nitrogens is 2. The number of nitrogens with zero attached hydrogens (tertiary/aromatic N) is 3. The average Bonchev–Trinajstić information content (AvgIpc) is 3.12. The van der Waals surface area contributed by atoms with Crippen LogP contribution in [0.25, 0.3) is 11.4 Å². The van der Waals surface area contributed by atoms with Crippen LogP contribution in [0, 0.1) is 0 Å². The maximum Gasteiger partial charge on any atom is 0.239 e. The predicted octanol–water partition coefficient (Wildman–Crippen LogP) is 1.97. The van der Waals surface area contributed by atoms with Crippen molar-refractivity contribution < 1.29 is 14.4 Å². The Kier molecular flexibility index (Phi) is 5.28. The molecule has 0 radical (unpaired) electrons. The van der Waals surface area contributed by atoms with Crippen LogP contribution in [0.3, 0.4) is 0 Å². The lowest BCUT2D eigenvalue weighted by Gasteiger charge is -2.20. The van der Waals surface area contributed by atoms with Gasteiger partial charge in [0.05, 0.1) is 18.3 Å². The Morgan fingerprint density at radius 1 is 1.23 bits per heavy atom. The first-order chi connectivity index (χ1) is 12.5. The Hall–Kier alpha value is -3.19. The fourth-order valence-electron chi connectivity index (χ4n) is 2.59. The summed E-state index contributed by atoms with van der Waals surface area (Å²) in [4.78, 5) is 18.2. The molecule has 2 aromatic heterocycles. The largest absolute Gasteiger partial charge is 0.508 e. The molecule has 2 heterocycles. The maximum absolute atomic E-state index is 12.5. The summed E-state index contributed by atoms with van der Waals surface area (Å²) < 4.78 is 5.30. The lowest BCUT2D eigenvalue weighted by atomic mass is 10.1. The van der Waals surface area contributed by atoms with Crippen molar-refractivity contribution in [2.45, 2.75) is 19.0 Å². The number of hydrogen-bond donors (Lipinski definition) is 2. The third kappa shape index (κ3) is 4.25. The summed E-state index contributed by atoms with van der Waals surface area (Å²) >= 11 is 0. The molecule has 26 heavy (non-hydrogen) atoms. The first-order valence-corrected chi connectivity index (χ1v) is 8.18. The molecule has 7 nitrogen and oxygen atoms in total. The summed E-state index contributed by atoms with van der Waals surface area (Å²) in [5, 5.41) is 13.3. The van der Waals surface area contributed by atoms with Gasteiger partial charge < -0.3 is 20.3 Å². The number of nitrogens with two attached hydrogens (primary N) is 1. The van der Waals surface area contributed by atoms with E-state index in [1.165, 1.54) is 4.90 Å².